The van der Waals surface area contributed by atoms with Gasteiger partial charge in [0, 0.05) is 19.2 Å². The van der Waals surface area contributed by atoms with Gasteiger partial charge in [0.1, 0.15) is 0 Å². The molecule has 106 valence electrons. The fourth-order valence-electron chi connectivity index (χ4n) is 1.57. The van der Waals surface area contributed by atoms with E-state index < -0.39 is 9.84 Å². The van der Waals surface area contributed by atoms with E-state index in [1.807, 2.05) is 0 Å². The Morgan fingerprint density at radius 2 is 2.05 bits per heavy atom. The minimum Gasteiger partial charge on any atom is -0.396 e. The number of amides is 1. The Hall–Kier alpha value is -1.47. The minimum atomic E-state index is -3.42. The highest BCUT2D eigenvalue weighted by Gasteiger charge is 2.15. The van der Waals surface area contributed by atoms with Crippen molar-refractivity contribution in [3.05, 3.63) is 23.9 Å². The number of aliphatic hydroxyl groups excluding tert-OH is 1. The van der Waals surface area contributed by atoms with Gasteiger partial charge in [-0.25, -0.2) is 13.4 Å². The first-order chi connectivity index (χ1) is 8.95. The molecule has 1 aromatic rings. The smallest absolute Gasteiger partial charge is 0.217 e. The molecule has 0 atom stereocenters. The number of carbonyl (C=O) groups is 1. The van der Waals surface area contributed by atoms with Crippen LogP contribution in [0.15, 0.2) is 23.4 Å². The van der Waals surface area contributed by atoms with E-state index in [-0.39, 0.29) is 29.7 Å². The fourth-order valence-corrected chi connectivity index (χ4v) is 2.78. The molecule has 1 amide bonds. The van der Waals surface area contributed by atoms with Crippen LogP contribution in [-0.2, 0) is 21.1 Å². The van der Waals surface area contributed by atoms with E-state index in [4.69, 9.17) is 10.8 Å². The molecule has 0 aromatic carbocycles. The number of aryl methyl sites for hydroxylation is 1. The Labute approximate surface area is 112 Å². The minimum absolute atomic E-state index is 0.0135. The highest BCUT2D eigenvalue weighted by Crippen LogP contribution is 2.11. The molecule has 0 aliphatic carbocycles. The number of aliphatic hydroxyl groups is 1. The summed E-state index contributed by atoms with van der Waals surface area (Å²) in [6, 6.07) is 3.13. The number of pyridine rings is 1. The largest absolute Gasteiger partial charge is 0.396 e. The molecule has 1 aromatic heterocycles. The summed E-state index contributed by atoms with van der Waals surface area (Å²) >= 11 is 0. The third-order valence-electron chi connectivity index (χ3n) is 2.58. The van der Waals surface area contributed by atoms with Gasteiger partial charge >= 0.3 is 0 Å². The van der Waals surface area contributed by atoms with E-state index >= 15 is 0 Å². The summed E-state index contributed by atoms with van der Waals surface area (Å²) in [5.41, 5.74) is 5.89. The van der Waals surface area contributed by atoms with Crippen LogP contribution in [0.4, 0.5) is 0 Å². The van der Waals surface area contributed by atoms with Gasteiger partial charge in [0.15, 0.2) is 14.9 Å². The van der Waals surface area contributed by atoms with E-state index in [0.29, 0.717) is 19.3 Å². The first-order valence-corrected chi connectivity index (χ1v) is 7.68. The van der Waals surface area contributed by atoms with Crippen LogP contribution in [0, 0.1) is 0 Å². The zero-order valence-corrected chi connectivity index (χ0v) is 11.4. The lowest BCUT2D eigenvalue weighted by Crippen LogP contribution is -2.11. The van der Waals surface area contributed by atoms with Gasteiger partial charge in [-0.3, -0.25) is 4.79 Å². The maximum Gasteiger partial charge on any atom is 0.217 e. The summed E-state index contributed by atoms with van der Waals surface area (Å²) in [5, 5.41) is 8.65. The molecule has 0 aliphatic rings. The average Bonchev–Trinajstić information content (AvgIpc) is 2.37. The lowest BCUT2D eigenvalue weighted by atomic mass is 10.1. The number of nitrogens with zero attached hydrogens (tertiary/aromatic N) is 1. The van der Waals surface area contributed by atoms with Gasteiger partial charge in [-0.2, -0.15) is 0 Å². The van der Waals surface area contributed by atoms with Gasteiger partial charge in [0.2, 0.25) is 5.91 Å². The van der Waals surface area contributed by atoms with Crippen LogP contribution in [0.25, 0.3) is 0 Å². The van der Waals surface area contributed by atoms with Gasteiger partial charge in [0.25, 0.3) is 0 Å². The third kappa shape index (κ3) is 5.35. The van der Waals surface area contributed by atoms with Crippen molar-refractivity contribution in [2.24, 2.45) is 5.73 Å². The summed E-state index contributed by atoms with van der Waals surface area (Å²) in [5.74, 6) is -0.464. The lowest BCUT2D eigenvalue weighted by molar-refractivity contribution is -0.118. The molecule has 0 bridgehead atoms. The second-order valence-corrected chi connectivity index (χ2v) is 6.28. The van der Waals surface area contributed by atoms with Crippen LogP contribution >= 0.6 is 0 Å². The molecule has 6 nitrogen and oxygen atoms in total. The van der Waals surface area contributed by atoms with Crippen molar-refractivity contribution in [1.82, 2.24) is 4.98 Å². The number of sulfone groups is 1. The molecule has 0 aliphatic heterocycles. The molecule has 3 N–H and O–H groups in total. The number of aromatic nitrogens is 1. The monoisotopic (exact) mass is 286 g/mol. The van der Waals surface area contributed by atoms with Crippen molar-refractivity contribution in [1.29, 1.82) is 0 Å². The molecule has 1 rings (SSSR count). The topological polar surface area (TPSA) is 110 Å². The Balaban J connectivity index is 2.63. The molecule has 0 saturated heterocycles. The standard InChI is InChI=1S/C12H18N2O4S/c13-11(16)4-1-3-10-5-6-12(14-9-10)19(17,18)8-2-7-15/h5-6,9,15H,1-4,7-8H2,(H2,13,16). The summed E-state index contributed by atoms with van der Waals surface area (Å²) in [6.07, 6.45) is 3.24. The molecule has 1 heterocycles. The molecule has 7 heteroatoms. The van der Waals surface area contributed by atoms with Crippen LogP contribution < -0.4 is 5.73 Å². The second-order valence-electron chi connectivity index (χ2n) is 4.22. The Kier molecular flexibility index (Phi) is 5.91. The van der Waals surface area contributed by atoms with Crippen molar-refractivity contribution >= 4 is 15.7 Å². The molecular formula is C12H18N2O4S. The molecule has 19 heavy (non-hydrogen) atoms. The maximum atomic E-state index is 11.8. The van der Waals surface area contributed by atoms with Gasteiger partial charge in [-0.15, -0.1) is 0 Å². The SMILES string of the molecule is NC(=O)CCCc1ccc(S(=O)(=O)CCCO)nc1. The van der Waals surface area contributed by atoms with Gasteiger partial charge in [0.05, 0.1) is 5.75 Å². The summed E-state index contributed by atoms with van der Waals surface area (Å²) < 4.78 is 23.5. The average molecular weight is 286 g/mol. The lowest BCUT2D eigenvalue weighted by Gasteiger charge is -2.04. The quantitative estimate of drug-likeness (QED) is 0.701. The van der Waals surface area contributed by atoms with Gasteiger partial charge in [-0.05, 0) is 30.9 Å². The number of primary amides is 1. The number of carbonyl (C=O) groups excluding carboxylic acids is 1. The zero-order chi connectivity index (χ0) is 14.3. The molecule has 0 saturated carbocycles. The van der Waals surface area contributed by atoms with Gasteiger partial charge < -0.3 is 10.8 Å². The van der Waals surface area contributed by atoms with Crippen LogP contribution in [0.2, 0.25) is 0 Å². The van der Waals surface area contributed by atoms with Crippen molar-refractivity contribution < 1.29 is 18.3 Å². The Bertz CT molecular complexity index is 511. The summed E-state index contributed by atoms with van der Waals surface area (Å²) in [4.78, 5) is 14.5. The van der Waals surface area contributed by atoms with E-state index in [2.05, 4.69) is 4.98 Å². The normalized spacial score (nSPS) is 11.4. The number of hydrogen-bond donors (Lipinski definition) is 2. The molecule has 0 radical (unpaired) electrons. The van der Waals surface area contributed by atoms with Crippen molar-refractivity contribution in [2.75, 3.05) is 12.4 Å². The molecular weight excluding hydrogens is 268 g/mol. The second kappa shape index (κ2) is 7.20. The van der Waals surface area contributed by atoms with Crippen LogP contribution in [0.5, 0.6) is 0 Å². The predicted octanol–water partition coefficient (Wildman–Crippen LogP) is 0.0457. The van der Waals surface area contributed by atoms with Crippen molar-refractivity contribution in [3.63, 3.8) is 0 Å². The van der Waals surface area contributed by atoms with E-state index in [1.165, 1.54) is 12.3 Å². The van der Waals surface area contributed by atoms with Crippen LogP contribution in [-0.4, -0.2) is 36.8 Å². The first kappa shape index (κ1) is 15.6. The number of hydrogen-bond acceptors (Lipinski definition) is 5. The van der Waals surface area contributed by atoms with Crippen LogP contribution in [0.1, 0.15) is 24.8 Å². The van der Waals surface area contributed by atoms with E-state index in [0.717, 1.165) is 5.56 Å². The number of rotatable bonds is 8. The Morgan fingerprint density at radius 3 is 2.58 bits per heavy atom. The van der Waals surface area contributed by atoms with E-state index in [9.17, 15) is 13.2 Å². The van der Waals surface area contributed by atoms with Crippen LogP contribution in [0.3, 0.4) is 0 Å². The first-order valence-electron chi connectivity index (χ1n) is 6.02. The highest BCUT2D eigenvalue weighted by molar-refractivity contribution is 7.91. The van der Waals surface area contributed by atoms with E-state index in [1.54, 1.807) is 6.07 Å². The maximum absolute atomic E-state index is 11.8. The summed E-state index contributed by atoms with van der Waals surface area (Å²) in [7, 11) is -3.42. The predicted molar refractivity (Wildman–Crippen MR) is 70.1 cm³/mol. The van der Waals surface area contributed by atoms with Gasteiger partial charge in [-0.1, -0.05) is 6.07 Å². The molecule has 0 fully saturated rings. The van der Waals surface area contributed by atoms with Crippen molar-refractivity contribution in [3.8, 4) is 0 Å². The number of nitrogens with two attached hydrogens (primary N) is 1. The third-order valence-corrected chi connectivity index (χ3v) is 4.28. The zero-order valence-electron chi connectivity index (χ0n) is 10.6. The summed E-state index contributed by atoms with van der Waals surface area (Å²) in [6.45, 7) is -0.162. The highest BCUT2D eigenvalue weighted by atomic mass is 32.2. The molecule has 0 unspecified atom stereocenters. The van der Waals surface area contributed by atoms with Crippen molar-refractivity contribution in [2.45, 2.75) is 30.7 Å². The fraction of sp³-hybridized carbons (Fsp3) is 0.500. The Morgan fingerprint density at radius 1 is 1.32 bits per heavy atom. The molecule has 0 spiro atoms.